The van der Waals surface area contributed by atoms with Crippen molar-refractivity contribution in [3.05, 3.63) is 23.5 Å². The maximum Gasteiger partial charge on any atom is 0.158 e. The fourth-order valence-corrected chi connectivity index (χ4v) is 1.72. The molecule has 0 bridgehead atoms. The van der Waals surface area contributed by atoms with E-state index in [2.05, 4.69) is 4.98 Å². The Morgan fingerprint density at radius 3 is 3.12 bits per heavy atom. The first-order valence-electron chi connectivity index (χ1n) is 5.64. The zero-order valence-corrected chi connectivity index (χ0v) is 9.48. The van der Waals surface area contributed by atoms with Crippen molar-refractivity contribution in [1.82, 2.24) is 4.98 Å². The Labute approximate surface area is 95.2 Å². The van der Waals surface area contributed by atoms with E-state index in [1.54, 1.807) is 12.1 Å². The van der Waals surface area contributed by atoms with Gasteiger partial charge in [-0.15, -0.1) is 0 Å². The lowest BCUT2D eigenvalue weighted by Gasteiger charge is -2.22. The number of aryl methyl sites for hydroxylation is 1. The number of hydrogen-bond donors (Lipinski definition) is 1. The fourth-order valence-electron chi connectivity index (χ4n) is 1.72. The minimum atomic E-state index is -0.143. The predicted octanol–water partition coefficient (Wildman–Crippen LogP) is 2.14. The van der Waals surface area contributed by atoms with Crippen LogP contribution in [0.4, 0.5) is 0 Å². The van der Waals surface area contributed by atoms with Gasteiger partial charge in [0, 0.05) is 12.3 Å². The number of aromatic hydroxyl groups is 1. The molecule has 4 heteroatoms. The van der Waals surface area contributed by atoms with Crippen LogP contribution in [0.15, 0.2) is 12.1 Å². The molecule has 1 fully saturated rings. The van der Waals surface area contributed by atoms with Crippen LogP contribution in [0.1, 0.15) is 30.7 Å². The van der Waals surface area contributed by atoms with E-state index in [0.717, 1.165) is 31.6 Å². The number of pyridine rings is 1. The molecule has 1 aliphatic heterocycles. The highest BCUT2D eigenvalue weighted by Gasteiger charge is 2.15. The third kappa shape index (κ3) is 2.93. The second kappa shape index (κ2) is 5.27. The van der Waals surface area contributed by atoms with E-state index in [0.29, 0.717) is 12.3 Å². The van der Waals surface area contributed by atoms with E-state index in [4.69, 9.17) is 9.47 Å². The molecule has 1 saturated heterocycles. The first-order valence-corrected chi connectivity index (χ1v) is 5.64. The molecular formula is C12H17NO3. The topological polar surface area (TPSA) is 51.6 Å². The van der Waals surface area contributed by atoms with Crippen LogP contribution in [0.3, 0.4) is 0 Å². The molecule has 0 radical (unpaired) electrons. The van der Waals surface area contributed by atoms with Crippen molar-refractivity contribution >= 4 is 0 Å². The SMILES string of the molecule is Cc1ccc(O)c(COC2CCCCO2)n1. The van der Waals surface area contributed by atoms with Crippen molar-refractivity contribution in [2.75, 3.05) is 6.61 Å². The Bertz CT molecular complexity index is 348. The van der Waals surface area contributed by atoms with E-state index in [1.807, 2.05) is 6.92 Å². The molecule has 1 atom stereocenters. The summed E-state index contributed by atoms with van der Waals surface area (Å²) >= 11 is 0. The van der Waals surface area contributed by atoms with E-state index in [9.17, 15) is 5.11 Å². The Kier molecular flexibility index (Phi) is 3.74. The summed E-state index contributed by atoms with van der Waals surface area (Å²) in [6.07, 6.45) is 3.02. The second-order valence-electron chi connectivity index (χ2n) is 4.03. The van der Waals surface area contributed by atoms with Crippen LogP contribution in [0.25, 0.3) is 0 Å². The summed E-state index contributed by atoms with van der Waals surface area (Å²) < 4.78 is 11.0. The van der Waals surface area contributed by atoms with Crippen LogP contribution >= 0.6 is 0 Å². The van der Waals surface area contributed by atoms with E-state index in [1.165, 1.54) is 0 Å². The summed E-state index contributed by atoms with van der Waals surface area (Å²) in [7, 11) is 0. The molecule has 4 nitrogen and oxygen atoms in total. The van der Waals surface area contributed by atoms with Gasteiger partial charge in [-0.2, -0.15) is 0 Å². The highest BCUT2D eigenvalue weighted by molar-refractivity contribution is 5.26. The quantitative estimate of drug-likeness (QED) is 0.853. The average Bonchev–Trinajstić information content (AvgIpc) is 2.32. The molecule has 1 aliphatic rings. The Hall–Kier alpha value is -1.13. The van der Waals surface area contributed by atoms with Gasteiger partial charge in [0.2, 0.25) is 0 Å². The molecule has 0 aromatic carbocycles. The Morgan fingerprint density at radius 1 is 1.50 bits per heavy atom. The lowest BCUT2D eigenvalue weighted by atomic mass is 10.2. The largest absolute Gasteiger partial charge is 0.506 e. The summed E-state index contributed by atoms with van der Waals surface area (Å²) in [5.74, 6) is 0.182. The van der Waals surface area contributed by atoms with Gasteiger partial charge in [0.1, 0.15) is 11.4 Å². The first kappa shape index (κ1) is 11.4. The van der Waals surface area contributed by atoms with Gasteiger partial charge < -0.3 is 14.6 Å². The van der Waals surface area contributed by atoms with Crippen LogP contribution < -0.4 is 0 Å². The number of ether oxygens (including phenoxy) is 2. The zero-order chi connectivity index (χ0) is 11.4. The predicted molar refractivity (Wildman–Crippen MR) is 59.0 cm³/mol. The molecule has 0 aliphatic carbocycles. The fraction of sp³-hybridized carbons (Fsp3) is 0.583. The molecular weight excluding hydrogens is 206 g/mol. The summed E-state index contributed by atoms with van der Waals surface area (Å²) in [6.45, 7) is 2.95. The van der Waals surface area contributed by atoms with Gasteiger partial charge in [0.05, 0.1) is 6.61 Å². The molecule has 1 aromatic rings. The van der Waals surface area contributed by atoms with E-state index < -0.39 is 0 Å². The normalized spacial score (nSPS) is 20.9. The van der Waals surface area contributed by atoms with Gasteiger partial charge in [-0.3, -0.25) is 4.98 Å². The third-order valence-corrected chi connectivity index (χ3v) is 2.63. The summed E-state index contributed by atoms with van der Waals surface area (Å²) in [5.41, 5.74) is 1.45. The molecule has 0 saturated carbocycles. The van der Waals surface area contributed by atoms with Crippen LogP contribution in [-0.2, 0) is 16.1 Å². The molecule has 0 amide bonds. The van der Waals surface area contributed by atoms with Crippen molar-refractivity contribution < 1.29 is 14.6 Å². The van der Waals surface area contributed by atoms with Gasteiger partial charge in [0.25, 0.3) is 0 Å². The van der Waals surface area contributed by atoms with Crippen LogP contribution in [0, 0.1) is 6.92 Å². The van der Waals surface area contributed by atoms with Crippen molar-refractivity contribution in [2.24, 2.45) is 0 Å². The standard InChI is InChI=1S/C12H17NO3/c1-9-5-6-11(14)10(13-9)8-16-12-4-2-3-7-15-12/h5-6,12,14H,2-4,7-8H2,1H3. The lowest BCUT2D eigenvalue weighted by Crippen LogP contribution is -2.22. The Morgan fingerprint density at radius 2 is 2.38 bits per heavy atom. The molecule has 16 heavy (non-hydrogen) atoms. The van der Waals surface area contributed by atoms with Crippen LogP contribution in [0.5, 0.6) is 5.75 Å². The highest BCUT2D eigenvalue weighted by Crippen LogP contribution is 2.19. The number of rotatable bonds is 3. The maximum absolute atomic E-state index is 9.58. The minimum absolute atomic E-state index is 0.143. The van der Waals surface area contributed by atoms with Crippen LogP contribution in [-0.4, -0.2) is 23.0 Å². The summed E-state index contributed by atoms with van der Waals surface area (Å²) in [6, 6.07) is 3.42. The maximum atomic E-state index is 9.58. The molecule has 1 unspecified atom stereocenters. The number of aromatic nitrogens is 1. The van der Waals surface area contributed by atoms with Crippen molar-refractivity contribution in [1.29, 1.82) is 0 Å². The van der Waals surface area contributed by atoms with Gasteiger partial charge in [-0.1, -0.05) is 0 Å². The Balaban J connectivity index is 1.90. The first-order chi connectivity index (χ1) is 7.75. The number of nitrogens with zero attached hydrogens (tertiary/aromatic N) is 1. The molecule has 88 valence electrons. The average molecular weight is 223 g/mol. The smallest absolute Gasteiger partial charge is 0.158 e. The summed E-state index contributed by atoms with van der Waals surface area (Å²) in [4.78, 5) is 4.23. The van der Waals surface area contributed by atoms with Crippen molar-refractivity contribution in [2.45, 2.75) is 39.1 Å². The van der Waals surface area contributed by atoms with Crippen LogP contribution in [0.2, 0.25) is 0 Å². The minimum Gasteiger partial charge on any atom is -0.506 e. The second-order valence-corrected chi connectivity index (χ2v) is 4.03. The lowest BCUT2D eigenvalue weighted by molar-refractivity contribution is -0.169. The van der Waals surface area contributed by atoms with Gasteiger partial charge in [-0.05, 0) is 38.3 Å². The molecule has 2 rings (SSSR count). The van der Waals surface area contributed by atoms with Crippen molar-refractivity contribution in [3.63, 3.8) is 0 Å². The third-order valence-electron chi connectivity index (χ3n) is 2.63. The monoisotopic (exact) mass is 223 g/mol. The molecule has 1 aromatic heterocycles. The van der Waals surface area contributed by atoms with E-state index >= 15 is 0 Å². The highest BCUT2D eigenvalue weighted by atomic mass is 16.7. The van der Waals surface area contributed by atoms with Gasteiger partial charge in [0.15, 0.2) is 6.29 Å². The van der Waals surface area contributed by atoms with Gasteiger partial charge in [-0.25, -0.2) is 0 Å². The summed E-state index contributed by atoms with van der Waals surface area (Å²) in [5, 5.41) is 9.58. The van der Waals surface area contributed by atoms with Gasteiger partial charge >= 0.3 is 0 Å². The zero-order valence-electron chi connectivity index (χ0n) is 9.48. The molecule has 0 spiro atoms. The van der Waals surface area contributed by atoms with E-state index in [-0.39, 0.29) is 12.0 Å². The number of hydrogen-bond acceptors (Lipinski definition) is 4. The van der Waals surface area contributed by atoms with Crippen molar-refractivity contribution in [3.8, 4) is 5.75 Å². The molecule has 1 N–H and O–H groups in total. The molecule has 2 heterocycles.